The van der Waals surface area contributed by atoms with Crippen LogP contribution in [0.4, 0.5) is 5.82 Å². The number of carbonyl (C=O) groups excluding carboxylic acids is 1. The highest BCUT2D eigenvalue weighted by molar-refractivity contribution is 5.88. The van der Waals surface area contributed by atoms with Gasteiger partial charge in [-0.1, -0.05) is 0 Å². The van der Waals surface area contributed by atoms with Crippen LogP contribution in [0.5, 0.6) is 0 Å². The van der Waals surface area contributed by atoms with Gasteiger partial charge < -0.3 is 21.2 Å². The fourth-order valence-corrected chi connectivity index (χ4v) is 1.70. The molecule has 0 aliphatic carbocycles. The number of nitrogens with zero attached hydrogens (tertiary/aromatic N) is 4. The number of nitrogen functional groups attached to an aromatic ring is 1. The molecule has 2 aromatic heterocycles. The van der Waals surface area contributed by atoms with Gasteiger partial charge in [0.25, 0.3) is 0 Å². The van der Waals surface area contributed by atoms with E-state index in [1.165, 1.54) is 30.7 Å². The van der Waals surface area contributed by atoms with Crippen molar-refractivity contribution < 1.29 is 9.53 Å². The molecule has 0 saturated heterocycles. The second-order valence-corrected chi connectivity index (χ2v) is 4.61. The molecule has 2 aromatic rings. The number of ether oxygens (including phenoxy) is 1. The summed E-state index contributed by atoms with van der Waals surface area (Å²) in [5, 5.41) is 1.33. The van der Waals surface area contributed by atoms with Crippen LogP contribution in [-0.2, 0) is 11.3 Å². The Labute approximate surface area is 132 Å². The number of hydrogen-bond donors (Lipinski definition) is 3. The van der Waals surface area contributed by atoms with E-state index in [0.29, 0.717) is 22.9 Å². The molecule has 0 amide bonds. The van der Waals surface area contributed by atoms with Gasteiger partial charge in [0, 0.05) is 30.4 Å². The summed E-state index contributed by atoms with van der Waals surface area (Å²) in [5.74, 6) is 6.20. The first kappa shape index (κ1) is 16.2. The number of methoxy groups -OCH3 is 1. The largest absolute Gasteiger partial charge is 0.465 e. The molecule has 0 bridgehead atoms. The van der Waals surface area contributed by atoms with Crippen LogP contribution < -0.4 is 17.3 Å². The lowest BCUT2D eigenvalue weighted by Gasteiger charge is -2.14. The summed E-state index contributed by atoms with van der Waals surface area (Å²) in [6.07, 6.45) is 5.83. The van der Waals surface area contributed by atoms with Crippen molar-refractivity contribution in [3.8, 4) is 0 Å². The molecule has 0 atom stereocenters. The minimum absolute atomic E-state index is 0.213. The monoisotopic (exact) mass is 315 g/mol. The first-order valence-electron chi connectivity index (χ1n) is 6.59. The second-order valence-electron chi connectivity index (χ2n) is 4.61. The number of rotatable bonds is 5. The zero-order chi connectivity index (χ0) is 16.8. The first-order valence-corrected chi connectivity index (χ1v) is 6.59. The molecule has 0 aliphatic rings. The average Bonchev–Trinajstić information content (AvgIpc) is 2.55. The standard InChI is InChI=1S/C14H17N7O2/c1-23-14(22)10-5-19-13(20-6-10)8-21(17)7-11(15)9-2-3-12(16)18-4-9/h2-7H,8,15,17H2,1H3,(H2,16,18)/b11-7-. The molecule has 2 rings (SSSR count). The summed E-state index contributed by atoms with van der Waals surface area (Å²) >= 11 is 0. The third-order valence-electron chi connectivity index (χ3n) is 2.88. The van der Waals surface area contributed by atoms with Crippen molar-refractivity contribution >= 4 is 17.5 Å². The van der Waals surface area contributed by atoms with E-state index in [2.05, 4.69) is 19.7 Å². The SMILES string of the molecule is COC(=O)c1cnc(CN(N)/C=C(\N)c2ccc(N)nc2)nc1. The first-order chi connectivity index (χ1) is 11.0. The van der Waals surface area contributed by atoms with E-state index in [1.807, 2.05) is 0 Å². The van der Waals surface area contributed by atoms with Crippen LogP contribution in [0.3, 0.4) is 0 Å². The third kappa shape index (κ3) is 4.38. The van der Waals surface area contributed by atoms with Crippen LogP contribution >= 0.6 is 0 Å². The predicted molar refractivity (Wildman–Crippen MR) is 83.9 cm³/mol. The maximum atomic E-state index is 11.3. The maximum absolute atomic E-state index is 11.3. The Balaban J connectivity index is 2.03. The number of pyridine rings is 1. The van der Waals surface area contributed by atoms with E-state index < -0.39 is 5.97 Å². The molecule has 9 nitrogen and oxygen atoms in total. The van der Waals surface area contributed by atoms with Gasteiger partial charge in [-0.15, -0.1) is 0 Å². The van der Waals surface area contributed by atoms with Gasteiger partial charge in [0.15, 0.2) is 0 Å². The fourth-order valence-electron chi connectivity index (χ4n) is 1.70. The Hall–Kier alpha value is -3.20. The molecule has 23 heavy (non-hydrogen) atoms. The molecule has 0 aromatic carbocycles. The topological polar surface area (TPSA) is 146 Å². The number of aromatic nitrogens is 3. The van der Waals surface area contributed by atoms with Gasteiger partial charge in [0.05, 0.1) is 24.9 Å². The van der Waals surface area contributed by atoms with Gasteiger partial charge in [0.1, 0.15) is 11.6 Å². The van der Waals surface area contributed by atoms with Crippen molar-refractivity contribution in [2.24, 2.45) is 11.6 Å². The van der Waals surface area contributed by atoms with Crippen LogP contribution in [0, 0.1) is 0 Å². The summed E-state index contributed by atoms with van der Waals surface area (Å²) in [7, 11) is 1.29. The molecule has 0 aliphatic heterocycles. The number of esters is 1. The van der Waals surface area contributed by atoms with Gasteiger partial charge in [-0.25, -0.2) is 25.6 Å². The third-order valence-corrected chi connectivity index (χ3v) is 2.88. The van der Waals surface area contributed by atoms with E-state index in [4.69, 9.17) is 17.3 Å². The van der Waals surface area contributed by atoms with Crippen molar-refractivity contribution in [1.82, 2.24) is 20.0 Å². The molecule has 6 N–H and O–H groups in total. The number of anilines is 1. The fraction of sp³-hybridized carbons (Fsp3) is 0.143. The zero-order valence-corrected chi connectivity index (χ0v) is 12.5. The highest BCUT2D eigenvalue weighted by atomic mass is 16.5. The van der Waals surface area contributed by atoms with Crippen LogP contribution in [0.15, 0.2) is 36.9 Å². The number of hydrazine groups is 1. The lowest BCUT2D eigenvalue weighted by Crippen LogP contribution is -2.26. The summed E-state index contributed by atoms with van der Waals surface area (Å²) in [6, 6.07) is 3.38. The minimum Gasteiger partial charge on any atom is -0.465 e. The lowest BCUT2D eigenvalue weighted by molar-refractivity contribution is 0.0599. The van der Waals surface area contributed by atoms with E-state index in [-0.39, 0.29) is 12.1 Å². The van der Waals surface area contributed by atoms with E-state index in [1.54, 1.807) is 18.3 Å². The highest BCUT2D eigenvalue weighted by Gasteiger charge is 2.08. The Morgan fingerprint density at radius 1 is 1.22 bits per heavy atom. The van der Waals surface area contributed by atoms with Crippen LogP contribution in [0.1, 0.15) is 21.7 Å². The van der Waals surface area contributed by atoms with Crippen molar-refractivity contribution in [2.45, 2.75) is 6.54 Å². The Kier molecular flexibility index (Phi) is 5.05. The molecule has 0 saturated carbocycles. The average molecular weight is 315 g/mol. The molecular formula is C14H17N7O2. The Bertz CT molecular complexity index is 698. The molecule has 120 valence electrons. The maximum Gasteiger partial charge on any atom is 0.341 e. The number of hydrogen-bond acceptors (Lipinski definition) is 9. The number of nitrogens with two attached hydrogens (primary N) is 3. The zero-order valence-electron chi connectivity index (χ0n) is 12.5. The van der Waals surface area contributed by atoms with E-state index >= 15 is 0 Å². The molecule has 9 heteroatoms. The molecule has 0 fully saturated rings. The van der Waals surface area contributed by atoms with Crippen LogP contribution in [0.25, 0.3) is 5.70 Å². The van der Waals surface area contributed by atoms with Crippen LogP contribution in [-0.4, -0.2) is 33.0 Å². The molecule has 2 heterocycles. The van der Waals surface area contributed by atoms with Crippen molar-refractivity contribution in [1.29, 1.82) is 0 Å². The number of carbonyl (C=O) groups is 1. The molecule has 0 unspecified atom stereocenters. The van der Waals surface area contributed by atoms with Gasteiger partial charge >= 0.3 is 5.97 Å². The van der Waals surface area contributed by atoms with Crippen molar-refractivity contribution in [3.63, 3.8) is 0 Å². The molecule has 0 radical (unpaired) electrons. The minimum atomic E-state index is -0.499. The van der Waals surface area contributed by atoms with Crippen molar-refractivity contribution in [2.75, 3.05) is 12.8 Å². The van der Waals surface area contributed by atoms with Gasteiger partial charge in [0.2, 0.25) is 0 Å². The normalized spacial score (nSPS) is 11.1. The summed E-state index contributed by atoms with van der Waals surface area (Å²) in [4.78, 5) is 23.3. The molecular weight excluding hydrogens is 298 g/mol. The van der Waals surface area contributed by atoms with Gasteiger partial charge in [-0.2, -0.15) is 0 Å². The highest BCUT2D eigenvalue weighted by Crippen LogP contribution is 2.10. The second kappa shape index (κ2) is 7.18. The van der Waals surface area contributed by atoms with Crippen molar-refractivity contribution in [3.05, 3.63) is 53.9 Å². The Morgan fingerprint density at radius 3 is 2.43 bits per heavy atom. The van der Waals surface area contributed by atoms with Crippen LogP contribution in [0.2, 0.25) is 0 Å². The summed E-state index contributed by atoms with van der Waals surface area (Å²) in [6.45, 7) is 0.213. The lowest BCUT2D eigenvalue weighted by atomic mass is 10.2. The summed E-state index contributed by atoms with van der Waals surface area (Å²) in [5.41, 5.74) is 12.8. The Morgan fingerprint density at radius 2 is 1.87 bits per heavy atom. The van der Waals surface area contributed by atoms with E-state index in [9.17, 15) is 4.79 Å². The van der Waals surface area contributed by atoms with Gasteiger partial charge in [-0.05, 0) is 12.1 Å². The quantitative estimate of drug-likeness (QED) is 0.390. The van der Waals surface area contributed by atoms with E-state index in [0.717, 1.165) is 0 Å². The van der Waals surface area contributed by atoms with Gasteiger partial charge in [-0.3, -0.25) is 0 Å². The molecule has 0 spiro atoms. The summed E-state index contributed by atoms with van der Waals surface area (Å²) < 4.78 is 4.57. The smallest absolute Gasteiger partial charge is 0.341 e. The predicted octanol–water partition coefficient (Wildman–Crippen LogP) is -0.127.